The van der Waals surface area contributed by atoms with Crippen LogP contribution in [-0.2, 0) is 0 Å². The number of nitrogens with two attached hydrogens (primary N) is 1. The maximum atomic E-state index is 11.3. The Morgan fingerprint density at radius 3 is 2.74 bits per heavy atom. The fourth-order valence-corrected chi connectivity index (χ4v) is 1.78. The highest BCUT2D eigenvalue weighted by molar-refractivity contribution is 5.58. The van der Waals surface area contributed by atoms with E-state index in [-0.39, 0.29) is 11.4 Å². The van der Waals surface area contributed by atoms with Gasteiger partial charge in [-0.05, 0) is 24.3 Å². The molecule has 3 rings (SSSR count). The van der Waals surface area contributed by atoms with Crippen LogP contribution in [-0.4, -0.2) is 26.7 Å². The van der Waals surface area contributed by atoms with Crippen LogP contribution in [0, 0.1) is 0 Å². The Labute approximate surface area is 107 Å². The normalized spacial score (nSPS) is 10.8. The SMILES string of the molecule is COc1ccc(-c2nc3[nH]c(=O)cc(N)n3n2)cc1. The molecule has 2 heterocycles. The number of hydrogen-bond acceptors (Lipinski definition) is 5. The molecule has 0 aliphatic rings. The standard InChI is InChI=1S/C12H11N5O2/c1-19-8-4-2-7(3-5-8)11-15-12-14-10(18)6-9(13)17(12)16-11/h2-6H,13H2,1H3,(H,14,15,16,18). The molecule has 0 aliphatic carbocycles. The number of aromatic amines is 1. The lowest BCUT2D eigenvalue weighted by Crippen LogP contribution is -2.11. The first-order chi connectivity index (χ1) is 9.17. The molecule has 19 heavy (non-hydrogen) atoms. The fourth-order valence-electron chi connectivity index (χ4n) is 1.78. The number of nitrogens with one attached hydrogen (secondary N) is 1. The van der Waals surface area contributed by atoms with Gasteiger partial charge in [-0.2, -0.15) is 9.50 Å². The summed E-state index contributed by atoms with van der Waals surface area (Å²) in [6, 6.07) is 8.56. The van der Waals surface area contributed by atoms with Crippen LogP contribution in [0.1, 0.15) is 0 Å². The Kier molecular flexibility index (Phi) is 2.45. The van der Waals surface area contributed by atoms with Gasteiger partial charge in [0.2, 0.25) is 5.78 Å². The van der Waals surface area contributed by atoms with Crippen molar-refractivity contribution < 1.29 is 4.74 Å². The lowest BCUT2D eigenvalue weighted by atomic mass is 10.2. The zero-order valence-electron chi connectivity index (χ0n) is 10.1. The van der Waals surface area contributed by atoms with Crippen LogP contribution in [0.5, 0.6) is 5.75 Å². The van der Waals surface area contributed by atoms with Crippen LogP contribution < -0.4 is 16.0 Å². The molecule has 2 aromatic heterocycles. The van der Waals surface area contributed by atoms with Crippen LogP contribution in [0.2, 0.25) is 0 Å². The number of nitrogen functional groups attached to an aromatic ring is 1. The van der Waals surface area contributed by atoms with Gasteiger partial charge in [-0.25, -0.2) is 0 Å². The summed E-state index contributed by atoms with van der Waals surface area (Å²) in [6.45, 7) is 0. The molecule has 0 amide bonds. The van der Waals surface area contributed by atoms with E-state index in [1.165, 1.54) is 10.6 Å². The van der Waals surface area contributed by atoms with Crippen molar-refractivity contribution in [3.63, 3.8) is 0 Å². The molecule has 0 aliphatic heterocycles. The summed E-state index contributed by atoms with van der Waals surface area (Å²) in [5.74, 6) is 1.79. The second-order valence-corrected chi connectivity index (χ2v) is 3.96. The Hall–Kier alpha value is -2.83. The molecule has 0 saturated carbocycles. The van der Waals surface area contributed by atoms with Crippen LogP contribution in [0.15, 0.2) is 35.1 Å². The Bertz CT molecular complexity index is 788. The Morgan fingerprint density at radius 1 is 1.32 bits per heavy atom. The molecule has 0 unspecified atom stereocenters. The number of aromatic nitrogens is 4. The van der Waals surface area contributed by atoms with Gasteiger partial charge in [-0.15, -0.1) is 5.10 Å². The molecule has 0 radical (unpaired) electrons. The molecule has 3 N–H and O–H groups in total. The summed E-state index contributed by atoms with van der Waals surface area (Å²) in [7, 11) is 1.60. The van der Waals surface area contributed by atoms with Crippen LogP contribution >= 0.6 is 0 Å². The van der Waals surface area contributed by atoms with Crippen molar-refractivity contribution in [2.24, 2.45) is 0 Å². The molecule has 0 saturated heterocycles. The molecular weight excluding hydrogens is 246 g/mol. The molecule has 7 heteroatoms. The second kappa shape index (κ2) is 4.13. The van der Waals surface area contributed by atoms with Crippen molar-refractivity contribution in [3.8, 4) is 17.1 Å². The van der Waals surface area contributed by atoms with Gasteiger partial charge in [0.25, 0.3) is 5.56 Å². The van der Waals surface area contributed by atoms with Gasteiger partial charge in [-0.3, -0.25) is 9.78 Å². The number of benzene rings is 1. The van der Waals surface area contributed by atoms with Crippen molar-refractivity contribution in [1.29, 1.82) is 0 Å². The van der Waals surface area contributed by atoms with Crippen molar-refractivity contribution in [2.45, 2.75) is 0 Å². The first-order valence-electron chi connectivity index (χ1n) is 5.57. The van der Waals surface area contributed by atoms with E-state index in [9.17, 15) is 4.79 Å². The minimum absolute atomic E-state index is 0.242. The van der Waals surface area contributed by atoms with Gasteiger partial charge in [0, 0.05) is 11.6 Å². The Balaban J connectivity index is 2.14. The van der Waals surface area contributed by atoms with Gasteiger partial charge < -0.3 is 10.5 Å². The third kappa shape index (κ3) is 1.90. The summed E-state index contributed by atoms with van der Waals surface area (Å²) in [5.41, 5.74) is 6.22. The summed E-state index contributed by atoms with van der Waals surface area (Å²) in [5, 5.41) is 4.25. The average molecular weight is 257 g/mol. The highest BCUT2D eigenvalue weighted by Crippen LogP contribution is 2.19. The third-order valence-electron chi connectivity index (χ3n) is 2.71. The van der Waals surface area contributed by atoms with E-state index < -0.39 is 0 Å². The van der Waals surface area contributed by atoms with Gasteiger partial charge in [0.1, 0.15) is 11.6 Å². The van der Waals surface area contributed by atoms with Crippen molar-refractivity contribution >= 4 is 11.6 Å². The van der Waals surface area contributed by atoms with E-state index in [2.05, 4.69) is 15.1 Å². The van der Waals surface area contributed by atoms with Crippen molar-refractivity contribution in [2.75, 3.05) is 12.8 Å². The minimum Gasteiger partial charge on any atom is -0.497 e. The van der Waals surface area contributed by atoms with Gasteiger partial charge in [0.05, 0.1) is 7.11 Å². The molecule has 3 aromatic rings. The summed E-state index contributed by atoms with van der Waals surface area (Å²) >= 11 is 0. The van der Waals surface area contributed by atoms with Gasteiger partial charge >= 0.3 is 0 Å². The first kappa shape index (κ1) is 11.3. The monoisotopic (exact) mass is 257 g/mol. The number of rotatable bonds is 2. The predicted octanol–water partition coefficient (Wildman–Crippen LogP) is 0.675. The topological polar surface area (TPSA) is 98.3 Å². The summed E-state index contributed by atoms with van der Waals surface area (Å²) < 4.78 is 6.48. The van der Waals surface area contributed by atoms with Crippen LogP contribution in [0.25, 0.3) is 17.2 Å². The average Bonchev–Trinajstić information content (AvgIpc) is 2.83. The molecule has 0 bridgehead atoms. The van der Waals surface area contributed by atoms with E-state index in [1.54, 1.807) is 7.11 Å². The first-order valence-corrected chi connectivity index (χ1v) is 5.57. The van der Waals surface area contributed by atoms with E-state index >= 15 is 0 Å². The number of anilines is 1. The van der Waals surface area contributed by atoms with Crippen LogP contribution in [0.4, 0.5) is 5.82 Å². The molecule has 1 aromatic carbocycles. The lowest BCUT2D eigenvalue weighted by Gasteiger charge is -1.99. The largest absolute Gasteiger partial charge is 0.497 e. The van der Waals surface area contributed by atoms with Gasteiger partial charge in [0.15, 0.2) is 5.82 Å². The smallest absolute Gasteiger partial charge is 0.254 e. The van der Waals surface area contributed by atoms with Gasteiger partial charge in [-0.1, -0.05) is 0 Å². The molecule has 0 fully saturated rings. The van der Waals surface area contributed by atoms with E-state index in [0.717, 1.165) is 11.3 Å². The number of methoxy groups -OCH3 is 1. The predicted molar refractivity (Wildman–Crippen MR) is 70.0 cm³/mol. The number of nitrogens with zero attached hydrogens (tertiary/aromatic N) is 3. The van der Waals surface area contributed by atoms with Crippen molar-refractivity contribution in [1.82, 2.24) is 19.6 Å². The van der Waals surface area contributed by atoms with E-state index in [4.69, 9.17) is 10.5 Å². The lowest BCUT2D eigenvalue weighted by molar-refractivity contribution is 0.415. The maximum absolute atomic E-state index is 11.3. The minimum atomic E-state index is -0.307. The number of fused-ring (bicyclic) bond motifs is 1. The number of H-pyrrole nitrogens is 1. The van der Waals surface area contributed by atoms with Crippen LogP contribution in [0.3, 0.4) is 0 Å². The zero-order valence-corrected chi connectivity index (χ0v) is 10.1. The second-order valence-electron chi connectivity index (χ2n) is 3.96. The molecule has 0 spiro atoms. The highest BCUT2D eigenvalue weighted by atomic mass is 16.5. The van der Waals surface area contributed by atoms with Crippen molar-refractivity contribution in [3.05, 3.63) is 40.7 Å². The van der Waals surface area contributed by atoms with E-state index in [0.29, 0.717) is 11.6 Å². The molecule has 7 nitrogen and oxygen atoms in total. The molecule has 0 atom stereocenters. The summed E-state index contributed by atoms with van der Waals surface area (Å²) in [6.07, 6.45) is 0. The number of ether oxygens (including phenoxy) is 1. The highest BCUT2D eigenvalue weighted by Gasteiger charge is 2.09. The summed E-state index contributed by atoms with van der Waals surface area (Å²) in [4.78, 5) is 18.1. The Morgan fingerprint density at radius 2 is 2.05 bits per heavy atom. The third-order valence-corrected chi connectivity index (χ3v) is 2.71. The zero-order chi connectivity index (χ0) is 13.4. The van der Waals surface area contributed by atoms with E-state index in [1.807, 2.05) is 24.3 Å². The molecule has 96 valence electrons. The quantitative estimate of drug-likeness (QED) is 0.703. The molecular formula is C12H11N5O2. The number of hydrogen-bond donors (Lipinski definition) is 2. The fraction of sp³-hybridized carbons (Fsp3) is 0.0833. The maximum Gasteiger partial charge on any atom is 0.254 e.